The fraction of sp³-hybridized carbons (Fsp3) is 0.550. The molecule has 0 bridgehead atoms. The Labute approximate surface area is 143 Å². The summed E-state index contributed by atoms with van der Waals surface area (Å²) in [5.74, 6) is 1.71. The smallest absolute Gasteiger partial charge is 0.253 e. The number of rotatable bonds is 1. The number of hydrogen-bond donors (Lipinski definition) is 0. The Kier molecular flexibility index (Phi) is 3.99. The number of hydrogen-bond acceptors (Lipinski definition) is 3. The number of amides is 1. The largest absolute Gasteiger partial charge is 0.338 e. The van der Waals surface area contributed by atoms with Crippen LogP contribution in [0, 0.1) is 25.7 Å². The third kappa shape index (κ3) is 2.79. The van der Waals surface area contributed by atoms with E-state index in [-0.39, 0.29) is 5.91 Å². The van der Waals surface area contributed by atoms with E-state index in [2.05, 4.69) is 14.9 Å². The molecule has 24 heavy (non-hydrogen) atoms. The van der Waals surface area contributed by atoms with Gasteiger partial charge in [-0.2, -0.15) is 0 Å². The van der Waals surface area contributed by atoms with Crippen molar-refractivity contribution < 1.29 is 4.79 Å². The van der Waals surface area contributed by atoms with Crippen molar-refractivity contribution in [2.75, 3.05) is 13.1 Å². The van der Waals surface area contributed by atoms with Crippen LogP contribution in [0.3, 0.4) is 0 Å². The minimum Gasteiger partial charge on any atom is -0.338 e. The zero-order valence-corrected chi connectivity index (χ0v) is 14.6. The van der Waals surface area contributed by atoms with Crippen LogP contribution < -0.4 is 0 Å². The fourth-order valence-electron chi connectivity index (χ4n) is 4.33. The normalized spacial score (nSPS) is 24.0. The maximum atomic E-state index is 12.9. The predicted molar refractivity (Wildman–Crippen MR) is 95.0 cm³/mol. The highest BCUT2D eigenvalue weighted by atomic mass is 16.2. The molecule has 0 radical (unpaired) electrons. The van der Waals surface area contributed by atoms with E-state index in [1.807, 2.05) is 32.0 Å². The lowest BCUT2D eigenvalue weighted by atomic mass is 9.75. The van der Waals surface area contributed by atoms with E-state index < -0.39 is 0 Å². The number of nitrogens with zero attached hydrogens (tertiary/aromatic N) is 3. The number of carbonyl (C=O) groups excluding carboxylic acids is 1. The molecule has 1 saturated heterocycles. The molecule has 1 aromatic carbocycles. The Hall–Kier alpha value is -1.97. The number of carbonyl (C=O) groups is 1. The minimum atomic E-state index is 0.154. The van der Waals surface area contributed by atoms with Crippen molar-refractivity contribution >= 4 is 16.9 Å². The Morgan fingerprint density at radius 1 is 1.00 bits per heavy atom. The molecule has 1 aromatic heterocycles. The minimum absolute atomic E-state index is 0.154. The van der Waals surface area contributed by atoms with Crippen molar-refractivity contribution in [1.82, 2.24) is 14.9 Å². The molecule has 0 unspecified atom stereocenters. The van der Waals surface area contributed by atoms with Gasteiger partial charge in [-0.05, 0) is 56.7 Å². The molecule has 2 aromatic rings. The lowest BCUT2D eigenvalue weighted by Gasteiger charge is -2.41. The highest BCUT2D eigenvalue weighted by molar-refractivity contribution is 5.97. The van der Waals surface area contributed by atoms with Gasteiger partial charge in [0.05, 0.1) is 22.4 Å². The molecule has 4 heteroatoms. The van der Waals surface area contributed by atoms with E-state index in [0.717, 1.165) is 47.0 Å². The van der Waals surface area contributed by atoms with Crippen LogP contribution in [0.25, 0.3) is 11.0 Å². The quantitative estimate of drug-likeness (QED) is 0.799. The third-order valence-electron chi connectivity index (χ3n) is 5.90. The number of fused-ring (bicyclic) bond motifs is 2. The SMILES string of the molecule is Cc1nc2ccc(C(=O)N3CC[C@@H]4CCCC[C@H]4C3)cc2nc1C. The maximum Gasteiger partial charge on any atom is 0.253 e. The zero-order chi connectivity index (χ0) is 16.7. The predicted octanol–water partition coefficient (Wildman–Crippen LogP) is 3.90. The fourth-order valence-corrected chi connectivity index (χ4v) is 4.33. The first kappa shape index (κ1) is 15.6. The van der Waals surface area contributed by atoms with Crippen molar-refractivity contribution in [3.05, 3.63) is 35.2 Å². The highest BCUT2D eigenvalue weighted by Gasteiger charge is 2.33. The molecular formula is C20H25N3O. The average molecular weight is 323 g/mol. The van der Waals surface area contributed by atoms with Crippen LogP contribution in [-0.4, -0.2) is 33.9 Å². The molecule has 2 atom stereocenters. The summed E-state index contributed by atoms with van der Waals surface area (Å²) in [6.07, 6.45) is 6.51. The van der Waals surface area contributed by atoms with Gasteiger partial charge in [-0.15, -0.1) is 0 Å². The van der Waals surface area contributed by atoms with Gasteiger partial charge < -0.3 is 4.90 Å². The van der Waals surface area contributed by atoms with E-state index in [9.17, 15) is 4.79 Å². The molecular weight excluding hydrogens is 298 g/mol. The van der Waals surface area contributed by atoms with Gasteiger partial charge in [0.1, 0.15) is 0 Å². The topological polar surface area (TPSA) is 46.1 Å². The molecule has 4 nitrogen and oxygen atoms in total. The molecule has 2 fully saturated rings. The molecule has 0 spiro atoms. The lowest BCUT2D eigenvalue weighted by Crippen LogP contribution is -2.44. The monoisotopic (exact) mass is 323 g/mol. The van der Waals surface area contributed by atoms with Gasteiger partial charge in [0.25, 0.3) is 5.91 Å². The van der Waals surface area contributed by atoms with Gasteiger partial charge in [-0.1, -0.05) is 19.3 Å². The Balaban J connectivity index is 1.57. The molecule has 2 heterocycles. The number of aryl methyl sites for hydroxylation is 2. The van der Waals surface area contributed by atoms with Crippen molar-refractivity contribution in [2.45, 2.75) is 46.0 Å². The van der Waals surface area contributed by atoms with Crippen molar-refractivity contribution in [1.29, 1.82) is 0 Å². The van der Waals surface area contributed by atoms with Crippen LogP contribution in [0.5, 0.6) is 0 Å². The van der Waals surface area contributed by atoms with Gasteiger partial charge in [0.15, 0.2) is 0 Å². The first-order chi connectivity index (χ1) is 11.6. The van der Waals surface area contributed by atoms with Gasteiger partial charge in [0.2, 0.25) is 0 Å². The standard InChI is InChI=1S/C20H25N3O/c1-13-14(2)22-19-11-16(7-8-18(19)21-13)20(24)23-10-9-15-5-3-4-6-17(15)12-23/h7-8,11,15,17H,3-6,9-10,12H2,1-2H3/t15-,17-/m0/s1. The van der Waals surface area contributed by atoms with Crippen LogP contribution in [-0.2, 0) is 0 Å². The van der Waals surface area contributed by atoms with Gasteiger partial charge in [-0.25, -0.2) is 9.97 Å². The lowest BCUT2D eigenvalue weighted by molar-refractivity contribution is 0.0521. The van der Waals surface area contributed by atoms with E-state index in [1.54, 1.807) is 0 Å². The molecule has 1 saturated carbocycles. The summed E-state index contributed by atoms with van der Waals surface area (Å²) >= 11 is 0. The molecule has 1 amide bonds. The first-order valence-corrected chi connectivity index (χ1v) is 9.16. The summed E-state index contributed by atoms with van der Waals surface area (Å²) in [5.41, 5.74) is 4.29. The van der Waals surface area contributed by atoms with E-state index in [1.165, 1.54) is 32.1 Å². The Morgan fingerprint density at radius 3 is 2.50 bits per heavy atom. The summed E-state index contributed by atoms with van der Waals surface area (Å²) in [4.78, 5) is 24.2. The summed E-state index contributed by atoms with van der Waals surface area (Å²) in [5, 5.41) is 0. The molecule has 4 rings (SSSR count). The molecule has 1 aliphatic carbocycles. The van der Waals surface area contributed by atoms with Crippen LogP contribution >= 0.6 is 0 Å². The third-order valence-corrected chi connectivity index (χ3v) is 5.90. The van der Waals surface area contributed by atoms with E-state index in [4.69, 9.17) is 0 Å². The number of piperidine rings is 1. The van der Waals surface area contributed by atoms with Gasteiger partial charge in [-0.3, -0.25) is 4.79 Å². The maximum absolute atomic E-state index is 12.9. The van der Waals surface area contributed by atoms with Crippen LogP contribution in [0.4, 0.5) is 0 Å². The summed E-state index contributed by atoms with van der Waals surface area (Å²) in [6.45, 7) is 5.76. The second kappa shape index (κ2) is 6.15. The summed E-state index contributed by atoms with van der Waals surface area (Å²) in [7, 11) is 0. The molecule has 126 valence electrons. The van der Waals surface area contributed by atoms with Crippen LogP contribution in [0.15, 0.2) is 18.2 Å². The van der Waals surface area contributed by atoms with E-state index in [0.29, 0.717) is 5.92 Å². The highest BCUT2D eigenvalue weighted by Crippen LogP contribution is 2.36. The molecule has 2 aliphatic rings. The summed E-state index contributed by atoms with van der Waals surface area (Å²) in [6, 6.07) is 5.74. The van der Waals surface area contributed by atoms with Crippen LogP contribution in [0.1, 0.15) is 53.8 Å². The van der Waals surface area contributed by atoms with Gasteiger partial charge >= 0.3 is 0 Å². The molecule has 1 aliphatic heterocycles. The van der Waals surface area contributed by atoms with Crippen molar-refractivity contribution in [2.24, 2.45) is 11.8 Å². The van der Waals surface area contributed by atoms with E-state index >= 15 is 0 Å². The first-order valence-electron chi connectivity index (χ1n) is 9.16. The summed E-state index contributed by atoms with van der Waals surface area (Å²) < 4.78 is 0. The average Bonchev–Trinajstić information content (AvgIpc) is 2.61. The van der Waals surface area contributed by atoms with Crippen molar-refractivity contribution in [3.63, 3.8) is 0 Å². The second-order valence-corrected chi connectivity index (χ2v) is 7.44. The Morgan fingerprint density at radius 2 is 1.71 bits per heavy atom. The van der Waals surface area contributed by atoms with Crippen molar-refractivity contribution in [3.8, 4) is 0 Å². The van der Waals surface area contributed by atoms with Gasteiger partial charge in [0, 0.05) is 18.7 Å². The van der Waals surface area contributed by atoms with Crippen LogP contribution in [0.2, 0.25) is 0 Å². The molecule has 0 N–H and O–H groups in total. The second-order valence-electron chi connectivity index (χ2n) is 7.44. The number of likely N-dealkylation sites (tertiary alicyclic amines) is 1. The number of aromatic nitrogens is 2. The Bertz CT molecular complexity index is 786. The number of benzene rings is 1. The zero-order valence-electron chi connectivity index (χ0n) is 14.6.